The number of hydrogen-bond donors (Lipinski definition) is 1. The first-order chi connectivity index (χ1) is 7.29. The van der Waals surface area contributed by atoms with Gasteiger partial charge in [0, 0.05) is 0 Å². The molecule has 2 rings (SSSR count). The molecule has 0 unspecified atom stereocenters. The molecule has 0 amide bonds. The summed E-state index contributed by atoms with van der Waals surface area (Å²) in [5, 5.41) is 10.6. The van der Waals surface area contributed by atoms with E-state index in [-0.39, 0.29) is 26.2 Å². The molecule has 0 fully saturated rings. The first-order valence-electron chi connectivity index (χ1n) is 4.15. The Bertz CT molecular complexity index is 471. The van der Waals surface area contributed by atoms with E-state index >= 15 is 0 Å². The second-order valence-electron chi connectivity index (χ2n) is 2.83. The van der Waals surface area contributed by atoms with Crippen molar-refractivity contribution >= 4 is 42.9 Å². The van der Waals surface area contributed by atoms with Gasteiger partial charge in [0.05, 0.1) is 5.56 Å². The fraction of sp³-hybridized carbons (Fsp3) is 0. The van der Waals surface area contributed by atoms with Crippen LogP contribution in [0.1, 0.15) is 10.4 Å². The number of fused-ring (bicyclic) bond motifs is 1. The summed E-state index contributed by atoms with van der Waals surface area (Å²) in [6.07, 6.45) is 0. The van der Waals surface area contributed by atoms with Gasteiger partial charge in [-0.25, -0.2) is 4.79 Å². The Morgan fingerprint density at radius 1 is 1.06 bits per heavy atom. The number of rotatable bonds is 1. The molecule has 0 saturated heterocycles. The SMILES string of the molecule is O=C(O)c1cccc2ccccc12.[BiH3].[Mo][Re]. The summed E-state index contributed by atoms with van der Waals surface area (Å²) in [6.45, 7) is 0. The summed E-state index contributed by atoms with van der Waals surface area (Å²) >= 11 is 3.74. The number of carboxylic acids is 1. The third kappa shape index (κ3) is 4.01. The van der Waals surface area contributed by atoms with Crippen molar-refractivity contribution in [3.05, 3.63) is 48.0 Å². The van der Waals surface area contributed by atoms with E-state index in [1.165, 1.54) is 0 Å². The zero-order valence-electron chi connectivity index (χ0n) is 8.39. The van der Waals surface area contributed by atoms with Crippen LogP contribution in [0.4, 0.5) is 0 Å². The summed E-state index contributed by atoms with van der Waals surface area (Å²) in [5.74, 6) is -0.878. The molecule has 1 N–H and O–H groups in total. The third-order valence-electron chi connectivity index (χ3n) is 2.02. The predicted octanol–water partition coefficient (Wildman–Crippen LogP) is 1.35. The average molecular weight is 666 g/mol. The molecular formula is C11H11BiMoO2Re. The summed E-state index contributed by atoms with van der Waals surface area (Å²) in [6, 6.07) is 12.7. The van der Waals surface area contributed by atoms with E-state index in [0.717, 1.165) is 10.8 Å². The molecule has 0 radical (unpaired) electrons. The Morgan fingerprint density at radius 3 is 2.25 bits per heavy atom. The molecule has 85 valence electrons. The van der Waals surface area contributed by atoms with Crippen LogP contribution in [0.3, 0.4) is 0 Å². The van der Waals surface area contributed by atoms with Crippen LogP contribution in [0.2, 0.25) is 0 Å². The van der Waals surface area contributed by atoms with E-state index in [1.807, 2.05) is 47.3 Å². The quantitative estimate of drug-likeness (QED) is 0.468. The number of benzene rings is 2. The van der Waals surface area contributed by atoms with Crippen molar-refractivity contribution in [3.8, 4) is 0 Å². The molecule has 0 spiro atoms. The minimum atomic E-state index is -0.878. The van der Waals surface area contributed by atoms with Crippen LogP contribution in [0.15, 0.2) is 42.5 Å². The van der Waals surface area contributed by atoms with Crippen molar-refractivity contribution < 1.29 is 43.1 Å². The Morgan fingerprint density at radius 2 is 1.62 bits per heavy atom. The molecule has 0 atom stereocenters. The zero-order valence-corrected chi connectivity index (χ0v) is 18.6. The summed E-state index contributed by atoms with van der Waals surface area (Å²) in [7, 11) is 0. The summed E-state index contributed by atoms with van der Waals surface area (Å²) in [5.41, 5.74) is 0.359. The van der Waals surface area contributed by atoms with Gasteiger partial charge in [-0.2, -0.15) is 0 Å². The van der Waals surface area contributed by atoms with Gasteiger partial charge in [-0.15, -0.1) is 0 Å². The van der Waals surface area contributed by atoms with Crippen LogP contribution in [0, 0.1) is 0 Å². The summed E-state index contributed by atoms with van der Waals surface area (Å²) < 4.78 is 0. The van der Waals surface area contributed by atoms with Crippen molar-refractivity contribution in [1.82, 2.24) is 0 Å². The zero-order chi connectivity index (χ0) is 11.3. The number of aromatic carboxylic acids is 1. The standard InChI is InChI=1S/C11H8O2.Bi.Mo.Re.3H/c12-11(13)10-7-3-5-8-4-1-2-6-9(8)10;;;;;;/h1-7H,(H,12,13);;;;;;. The number of hydrogen-bond acceptors (Lipinski definition) is 1. The number of carbonyl (C=O) groups is 1. The van der Waals surface area contributed by atoms with E-state index in [9.17, 15) is 4.79 Å². The van der Waals surface area contributed by atoms with Gasteiger partial charge < -0.3 is 5.11 Å². The number of carboxylic acid groups (broad SMARTS) is 1. The Labute approximate surface area is 133 Å². The maximum atomic E-state index is 10.8. The van der Waals surface area contributed by atoms with E-state index < -0.39 is 5.97 Å². The fourth-order valence-corrected chi connectivity index (χ4v) is 1.41. The van der Waals surface area contributed by atoms with E-state index in [2.05, 4.69) is 0 Å². The van der Waals surface area contributed by atoms with Crippen molar-refractivity contribution in [1.29, 1.82) is 0 Å². The van der Waals surface area contributed by atoms with Gasteiger partial charge in [0.15, 0.2) is 0 Å². The van der Waals surface area contributed by atoms with Crippen LogP contribution in [-0.2, 0) is 33.2 Å². The second-order valence-corrected chi connectivity index (χ2v) is 2.83. The van der Waals surface area contributed by atoms with Crippen LogP contribution in [0.25, 0.3) is 10.8 Å². The van der Waals surface area contributed by atoms with Gasteiger partial charge in [0.2, 0.25) is 0 Å². The molecule has 0 aliphatic heterocycles. The van der Waals surface area contributed by atoms with E-state index in [1.54, 1.807) is 28.4 Å². The van der Waals surface area contributed by atoms with Gasteiger partial charge in [-0.05, 0) is 16.8 Å². The van der Waals surface area contributed by atoms with Crippen molar-refractivity contribution in [2.75, 3.05) is 0 Å². The Balaban J connectivity index is 0.000000711. The van der Waals surface area contributed by atoms with E-state index in [0.29, 0.717) is 5.56 Å². The molecule has 0 aliphatic rings. The van der Waals surface area contributed by atoms with E-state index in [4.69, 9.17) is 5.11 Å². The molecule has 0 saturated carbocycles. The van der Waals surface area contributed by atoms with Crippen LogP contribution in [-0.4, -0.2) is 37.3 Å². The molecule has 16 heavy (non-hydrogen) atoms. The summed E-state index contributed by atoms with van der Waals surface area (Å²) in [4.78, 5) is 10.8. The molecule has 2 aromatic carbocycles. The second kappa shape index (κ2) is 8.49. The molecular weight excluding hydrogens is 655 g/mol. The molecule has 0 bridgehead atoms. The monoisotopic (exact) mass is 669 g/mol. The Hall–Kier alpha value is 0.404. The molecule has 5 heteroatoms. The van der Waals surface area contributed by atoms with Gasteiger partial charge in [0.1, 0.15) is 0 Å². The normalized spacial score (nSPS) is 8.56. The van der Waals surface area contributed by atoms with Gasteiger partial charge in [-0.3, -0.25) is 0 Å². The molecule has 0 aliphatic carbocycles. The van der Waals surface area contributed by atoms with Crippen molar-refractivity contribution in [2.24, 2.45) is 0 Å². The fourth-order valence-electron chi connectivity index (χ4n) is 1.41. The Kier molecular flexibility index (Phi) is 8.70. The first kappa shape index (κ1) is 16.4. The topological polar surface area (TPSA) is 37.3 Å². The molecule has 0 heterocycles. The van der Waals surface area contributed by atoms with Gasteiger partial charge in [0.25, 0.3) is 0 Å². The van der Waals surface area contributed by atoms with Crippen LogP contribution < -0.4 is 0 Å². The van der Waals surface area contributed by atoms with Crippen LogP contribution >= 0.6 is 0 Å². The van der Waals surface area contributed by atoms with Crippen molar-refractivity contribution in [2.45, 2.75) is 0 Å². The minimum absolute atomic E-state index is 0. The molecule has 2 aromatic rings. The van der Waals surface area contributed by atoms with Crippen molar-refractivity contribution in [3.63, 3.8) is 0 Å². The first-order valence-corrected chi connectivity index (χ1v) is 11.5. The average Bonchev–Trinajstić information content (AvgIpc) is 2.31. The van der Waals surface area contributed by atoms with Gasteiger partial charge >= 0.3 is 65.4 Å². The van der Waals surface area contributed by atoms with Crippen LogP contribution in [0.5, 0.6) is 0 Å². The third-order valence-corrected chi connectivity index (χ3v) is 2.02. The van der Waals surface area contributed by atoms with Gasteiger partial charge in [-0.1, -0.05) is 36.4 Å². The molecule has 0 aromatic heterocycles. The predicted molar refractivity (Wildman–Crippen MR) is 60.8 cm³/mol. The molecule has 2 nitrogen and oxygen atoms in total. The maximum absolute atomic E-state index is 10.8.